The largest absolute Gasteiger partial charge is 0.399 e. The molecule has 0 aliphatic rings. The number of hydrogen-bond acceptors (Lipinski definition) is 2. The van der Waals surface area contributed by atoms with Crippen molar-refractivity contribution in [3.63, 3.8) is 0 Å². The molecule has 0 aromatic heterocycles. The van der Waals surface area contributed by atoms with E-state index in [2.05, 4.69) is 11.9 Å². The van der Waals surface area contributed by atoms with Gasteiger partial charge in [-0.1, -0.05) is 24.3 Å². The summed E-state index contributed by atoms with van der Waals surface area (Å²) in [5.74, 6) is 0.0261. The molecule has 0 bridgehead atoms. The van der Waals surface area contributed by atoms with Gasteiger partial charge in [-0.05, 0) is 18.1 Å². The van der Waals surface area contributed by atoms with Gasteiger partial charge in [-0.15, -0.1) is 6.58 Å². The molecule has 0 saturated carbocycles. The van der Waals surface area contributed by atoms with E-state index in [4.69, 9.17) is 5.73 Å². The first-order valence-corrected chi connectivity index (χ1v) is 4.95. The Morgan fingerprint density at radius 1 is 1.47 bits per heavy atom. The first-order chi connectivity index (χ1) is 7.24. The van der Waals surface area contributed by atoms with Crippen LogP contribution in [0.1, 0.15) is 12.0 Å². The Hall–Kier alpha value is -1.77. The fraction of sp³-hybridized carbons (Fsp3) is 0.250. The number of nitrogens with two attached hydrogens (primary N) is 1. The molecule has 0 saturated heterocycles. The Morgan fingerprint density at radius 2 is 2.20 bits per heavy atom. The summed E-state index contributed by atoms with van der Waals surface area (Å²) in [7, 11) is 0. The average molecular weight is 204 g/mol. The number of aryl methyl sites for hydroxylation is 1. The minimum atomic E-state index is 0.0261. The monoisotopic (exact) mass is 204 g/mol. The molecule has 1 aromatic rings. The molecular formula is C12H16N2O. The summed E-state index contributed by atoms with van der Waals surface area (Å²) < 4.78 is 0. The predicted molar refractivity (Wildman–Crippen MR) is 62.4 cm³/mol. The number of carbonyl (C=O) groups is 1. The molecule has 0 radical (unpaired) electrons. The number of para-hydroxylation sites is 1. The van der Waals surface area contributed by atoms with Crippen LogP contribution in [0.25, 0.3) is 0 Å². The van der Waals surface area contributed by atoms with Crippen LogP contribution in [0.15, 0.2) is 36.9 Å². The highest BCUT2D eigenvalue weighted by Gasteiger charge is 2.02. The molecule has 0 aliphatic carbocycles. The van der Waals surface area contributed by atoms with E-state index in [9.17, 15) is 4.79 Å². The highest BCUT2D eigenvalue weighted by molar-refractivity contribution is 5.76. The highest BCUT2D eigenvalue weighted by Crippen LogP contribution is 2.12. The van der Waals surface area contributed by atoms with Crippen LogP contribution in [0, 0.1) is 0 Å². The van der Waals surface area contributed by atoms with Crippen molar-refractivity contribution in [1.29, 1.82) is 0 Å². The summed E-state index contributed by atoms with van der Waals surface area (Å²) in [5, 5.41) is 2.72. The van der Waals surface area contributed by atoms with Gasteiger partial charge in [-0.3, -0.25) is 4.79 Å². The molecule has 3 nitrogen and oxygen atoms in total. The van der Waals surface area contributed by atoms with Crippen molar-refractivity contribution >= 4 is 11.6 Å². The van der Waals surface area contributed by atoms with Crippen molar-refractivity contribution < 1.29 is 4.79 Å². The van der Waals surface area contributed by atoms with Crippen LogP contribution in [0.5, 0.6) is 0 Å². The van der Waals surface area contributed by atoms with Crippen LogP contribution in [-0.4, -0.2) is 12.5 Å². The molecule has 0 unspecified atom stereocenters. The van der Waals surface area contributed by atoms with E-state index < -0.39 is 0 Å². The molecule has 0 fully saturated rings. The van der Waals surface area contributed by atoms with Crippen molar-refractivity contribution in [2.45, 2.75) is 12.8 Å². The van der Waals surface area contributed by atoms with Crippen LogP contribution in [0.4, 0.5) is 5.69 Å². The second kappa shape index (κ2) is 5.86. The van der Waals surface area contributed by atoms with Gasteiger partial charge in [-0.2, -0.15) is 0 Å². The van der Waals surface area contributed by atoms with E-state index in [1.165, 1.54) is 0 Å². The molecule has 3 heteroatoms. The van der Waals surface area contributed by atoms with E-state index in [-0.39, 0.29) is 5.91 Å². The predicted octanol–water partition coefficient (Wildman–Crippen LogP) is 1.50. The van der Waals surface area contributed by atoms with Gasteiger partial charge in [-0.25, -0.2) is 0 Å². The number of rotatable bonds is 5. The Morgan fingerprint density at radius 3 is 2.87 bits per heavy atom. The first kappa shape index (κ1) is 11.3. The maximum absolute atomic E-state index is 11.3. The lowest BCUT2D eigenvalue weighted by Gasteiger charge is -2.05. The van der Waals surface area contributed by atoms with Crippen LogP contribution in [-0.2, 0) is 11.2 Å². The number of carbonyl (C=O) groups excluding carboxylic acids is 1. The smallest absolute Gasteiger partial charge is 0.220 e. The van der Waals surface area contributed by atoms with Crippen molar-refractivity contribution in [1.82, 2.24) is 5.32 Å². The number of anilines is 1. The molecule has 0 spiro atoms. The summed E-state index contributed by atoms with van der Waals surface area (Å²) in [6.45, 7) is 4.05. The Balaban J connectivity index is 2.40. The van der Waals surface area contributed by atoms with E-state index in [0.29, 0.717) is 19.4 Å². The summed E-state index contributed by atoms with van der Waals surface area (Å²) in [5.41, 5.74) is 7.52. The zero-order chi connectivity index (χ0) is 11.1. The molecule has 15 heavy (non-hydrogen) atoms. The molecule has 3 N–H and O–H groups in total. The molecule has 0 atom stereocenters. The van der Waals surface area contributed by atoms with Gasteiger partial charge in [0, 0.05) is 18.7 Å². The summed E-state index contributed by atoms with van der Waals surface area (Å²) >= 11 is 0. The van der Waals surface area contributed by atoms with Crippen LogP contribution in [0.2, 0.25) is 0 Å². The highest BCUT2D eigenvalue weighted by atomic mass is 16.1. The van der Waals surface area contributed by atoms with Crippen molar-refractivity contribution in [2.24, 2.45) is 0 Å². The molecule has 1 rings (SSSR count). The summed E-state index contributed by atoms with van der Waals surface area (Å²) in [6.07, 6.45) is 2.80. The van der Waals surface area contributed by atoms with Gasteiger partial charge in [0.1, 0.15) is 0 Å². The second-order valence-corrected chi connectivity index (χ2v) is 3.29. The lowest BCUT2D eigenvalue weighted by atomic mass is 10.1. The lowest BCUT2D eigenvalue weighted by Crippen LogP contribution is -2.23. The number of benzene rings is 1. The minimum Gasteiger partial charge on any atom is -0.399 e. The zero-order valence-electron chi connectivity index (χ0n) is 8.70. The van der Waals surface area contributed by atoms with Crippen LogP contribution in [0.3, 0.4) is 0 Å². The molecule has 0 aliphatic heterocycles. The molecular weight excluding hydrogens is 188 g/mol. The molecule has 80 valence electrons. The SMILES string of the molecule is C=CCNC(=O)CCc1ccccc1N. The van der Waals surface area contributed by atoms with Gasteiger partial charge >= 0.3 is 0 Å². The second-order valence-electron chi connectivity index (χ2n) is 3.29. The fourth-order valence-corrected chi connectivity index (χ4v) is 1.28. The van der Waals surface area contributed by atoms with Gasteiger partial charge < -0.3 is 11.1 Å². The normalized spacial score (nSPS) is 9.60. The van der Waals surface area contributed by atoms with E-state index in [1.807, 2.05) is 24.3 Å². The molecule has 1 aromatic carbocycles. The summed E-state index contributed by atoms with van der Waals surface area (Å²) in [4.78, 5) is 11.3. The van der Waals surface area contributed by atoms with Crippen LogP contribution >= 0.6 is 0 Å². The number of amides is 1. The van der Waals surface area contributed by atoms with Crippen molar-refractivity contribution in [3.05, 3.63) is 42.5 Å². The van der Waals surface area contributed by atoms with Crippen molar-refractivity contribution in [2.75, 3.05) is 12.3 Å². The third-order valence-corrected chi connectivity index (χ3v) is 2.12. The Kier molecular flexibility index (Phi) is 4.41. The summed E-state index contributed by atoms with van der Waals surface area (Å²) in [6, 6.07) is 7.59. The minimum absolute atomic E-state index is 0.0261. The zero-order valence-corrected chi connectivity index (χ0v) is 8.70. The van der Waals surface area contributed by atoms with Gasteiger partial charge in [0.2, 0.25) is 5.91 Å². The lowest BCUT2D eigenvalue weighted by molar-refractivity contribution is -0.120. The maximum Gasteiger partial charge on any atom is 0.220 e. The third-order valence-electron chi connectivity index (χ3n) is 2.12. The number of hydrogen-bond donors (Lipinski definition) is 2. The van der Waals surface area contributed by atoms with Gasteiger partial charge in [0.05, 0.1) is 0 Å². The quantitative estimate of drug-likeness (QED) is 0.564. The maximum atomic E-state index is 11.3. The number of nitrogens with one attached hydrogen (secondary N) is 1. The third kappa shape index (κ3) is 3.85. The molecule has 1 amide bonds. The Bertz CT molecular complexity index is 347. The first-order valence-electron chi connectivity index (χ1n) is 4.95. The van der Waals surface area contributed by atoms with E-state index >= 15 is 0 Å². The molecule has 0 heterocycles. The van der Waals surface area contributed by atoms with Gasteiger partial charge in [0.25, 0.3) is 0 Å². The average Bonchev–Trinajstić information content (AvgIpc) is 2.25. The Labute approximate surface area is 90.0 Å². The van der Waals surface area contributed by atoms with E-state index in [1.54, 1.807) is 6.08 Å². The fourth-order valence-electron chi connectivity index (χ4n) is 1.28. The van der Waals surface area contributed by atoms with E-state index in [0.717, 1.165) is 11.3 Å². The standard InChI is InChI=1S/C12H16N2O/c1-2-9-14-12(15)8-7-10-5-3-4-6-11(10)13/h2-6H,1,7-9,13H2,(H,14,15). The van der Waals surface area contributed by atoms with Crippen molar-refractivity contribution in [3.8, 4) is 0 Å². The van der Waals surface area contributed by atoms with Crippen LogP contribution < -0.4 is 11.1 Å². The number of nitrogen functional groups attached to an aromatic ring is 1. The topological polar surface area (TPSA) is 55.1 Å². The van der Waals surface area contributed by atoms with Gasteiger partial charge in [0.15, 0.2) is 0 Å².